The summed E-state index contributed by atoms with van der Waals surface area (Å²) in [5.74, 6) is -0.451. The van der Waals surface area contributed by atoms with E-state index in [2.05, 4.69) is 6.58 Å². The smallest absolute Gasteiger partial charge is 0.141 e. The minimum absolute atomic E-state index is 0.0595. The van der Waals surface area contributed by atoms with Crippen molar-refractivity contribution >= 4 is 28.2 Å². The first-order valence-electron chi connectivity index (χ1n) is 3.91. The Balaban J connectivity index is 0.000000671. The monoisotopic (exact) mass is 220 g/mol. The van der Waals surface area contributed by atoms with Crippen LogP contribution in [-0.2, 0) is 0 Å². The Labute approximate surface area is 88.0 Å². The summed E-state index contributed by atoms with van der Waals surface area (Å²) in [6.07, 6.45) is 0. The van der Waals surface area contributed by atoms with E-state index in [-0.39, 0.29) is 5.02 Å². The highest BCUT2D eigenvalue weighted by Crippen LogP contribution is 2.22. The largest absolute Gasteiger partial charge is 0.205 e. The Morgan fingerprint density at radius 3 is 2.31 bits per heavy atom. The molecule has 0 saturated carbocycles. The molecule has 1 aromatic rings. The van der Waals surface area contributed by atoms with Gasteiger partial charge >= 0.3 is 0 Å². The molecule has 1 rings (SSSR count). The maximum Gasteiger partial charge on any atom is 0.141 e. The van der Waals surface area contributed by atoms with Gasteiger partial charge in [-0.25, -0.2) is 4.39 Å². The normalized spacial score (nSPS) is 8.69. The third kappa shape index (κ3) is 3.79. The minimum Gasteiger partial charge on any atom is -0.205 e. The van der Waals surface area contributed by atoms with Gasteiger partial charge in [-0.15, -0.1) is 0 Å². The molecular weight excluding hydrogens is 210 g/mol. The lowest BCUT2D eigenvalue weighted by molar-refractivity contribution is 0.628. The fourth-order valence-electron chi connectivity index (χ4n) is 0.665. The van der Waals surface area contributed by atoms with Gasteiger partial charge in [0, 0.05) is 5.03 Å². The van der Waals surface area contributed by atoms with E-state index in [0.29, 0.717) is 10.6 Å². The van der Waals surface area contributed by atoms with E-state index < -0.39 is 5.82 Å². The molecule has 0 aliphatic heterocycles. The molecule has 0 nitrogen and oxygen atoms in total. The van der Waals surface area contributed by atoms with Crippen LogP contribution in [0.15, 0.2) is 24.8 Å². The lowest BCUT2D eigenvalue weighted by Crippen LogP contribution is -1.79. The highest BCUT2D eigenvalue weighted by Gasteiger charge is 2.01. The summed E-state index contributed by atoms with van der Waals surface area (Å²) < 4.78 is 12.6. The first kappa shape index (κ1) is 12.5. The Kier molecular flexibility index (Phi) is 5.76. The van der Waals surface area contributed by atoms with Crippen LogP contribution in [0, 0.1) is 5.82 Å². The van der Waals surface area contributed by atoms with Gasteiger partial charge in [-0.2, -0.15) is 0 Å². The molecule has 72 valence electrons. The van der Waals surface area contributed by atoms with Gasteiger partial charge in [-0.05, 0) is 17.7 Å². The Morgan fingerprint density at radius 1 is 1.38 bits per heavy atom. The standard InChI is InChI=1S/C8H5Cl2F.C2H6/c1-5(9)6-2-3-8(11)7(10)4-6;1-2/h2-4H,1H2;1-2H3. The summed E-state index contributed by atoms with van der Waals surface area (Å²) in [7, 11) is 0. The SMILES string of the molecule is C=C(Cl)c1ccc(F)c(Cl)c1.CC. The predicted molar refractivity (Wildman–Crippen MR) is 57.6 cm³/mol. The summed E-state index contributed by atoms with van der Waals surface area (Å²) in [5, 5.41) is 0.413. The molecule has 0 saturated heterocycles. The van der Waals surface area contributed by atoms with Gasteiger partial charge in [0.15, 0.2) is 0 Å². The van der Waals surface area contributed by atoms with E-state index in [9.17, 15) is 4.39 Å². The molecule has 0 N–H and O–H groups in total. The van der Waals surface area contributed by atoms with Gasteiger partial charge in [-0.3, -0.25) is 0 Å². The molecular formula is C10H11Cl2F. The second-order valence-corrected chi connectivity index (χ2v) is 2.90. The second kappa shape index (κ2) is 6.01. The number of benzene rings is 1. The zero-order valence-electron chi connectivity index (χ0n) is 7.57. The molecule has 13 heavy (non-hydrogen) atoms. The first-order valence-corrected chi connectivity index (χ1v) is 4.66. The van der Waals surface area contributed by atoms with Gasteiger partial charge in [0.1, 0.15) is 5.82 Å². The summed E-state index contributed by atoms with van der Waals surface area (Å²) in [5.41, 5.74) is 0.637. The van der Waals surface area contributed by atoms with Gasteiger partial charge < -0.3 is 0 Å². The fourth-order valence-corrected chi connectivity index (χ4v) is 0.963. The topological polar surface area (TPSA) is 0 Å². The molecule has 0 amide bonds. The highest BCUT2D eigenvalue weighted by atomic mass is 35.5. The zero-order chi connectivity index (χ0) is 10.4. The van der Waals surface area contributed by atoms with Crippen LogP contribution in [0.4, 0.5) is 4.39 Å². The van der Waals surface area contributed by atoms with Crippen LogP contribution in [0.2, 0.25) is 5.02 Å². The number of rotatable bonds is 1. The van der Waals surface area contributed by atoms with Gasteiger partial charge in [0.25, 0.3) is 0 Å². The van der Waals surface area contributed by atoms with Crippen molar-refractivity contribution in [1.29, 1.82) is 0 Å². The third-order valence-corrected chi connectivity index (χ3v) is 1.74. The fraction of sp³-hybridized carbons (Fsp3) is 0.200. The maximum absolute atomic E-state index is 12.6. The van der Waals surface area contributed by atoms with Crippen LogP contribution < -0.4 is 0 Å². The van der Waals surface area contributed by atoms with Crippen molar-refractivity contribution < 1.29 is 4.39 Å². The molecule has 0 heterocycles. The average molecular weight is 221 g/mol. The molecule has 0 bridgehead atoms. The summed E-state index contributed by atoms with van der Waals surface area (Å²) in [6.45, 7) is 7.48. The molecule has 0 fully saturated rings. The first-order chi connectivity index (χ1) is 6.11. The third-order valence-electron chi connectivity index (χ3n) is 1.23. The molecule has 0 radical (unpaired) electrons. The number of halogens is 3. The van der Waals surface area contributed by atoms with E-state index in [1.807, 2.05) is 13.8 Å². The maximum atomic E-state index is 12.6. The summed E-state index contributed by atoms with van der Waals surface area (Å²) in [4.78, 5) is 0. The number of hydrogen-bond acceptors (Lipinski definition) is 0. The molecule has 0 aromatic heterocycles. The Hall–Kier alpha value is -0.530. The van der Waals surface area contributed by atoms with Gasteiger partial charge in [0.2, 0.25) is 0 Å². The average Bonchev–Trinajstić information content (AvgIpc) is 2.13. The van der Waals surface area contributed by atoms with Crippen molar-refractivity contribution in [3.63, 3.8) is 0 Å². The van der Waals surface area contributed by atoms with Crippen molar-refractivity contribution in [2.75, 3.05) is 0 Å². The zero-order valence-corrected chi connectivity index (χ0v) is 9.08. The molecule has 0 unspecified atom stereocenters. The number of hydrogen-bond donors (Lipinski definition) is 0. The predicted octanol–water partition coefficient (Wildman–Crippen LogP) is 4.71. The van der Waals surface area contributed by atoms with Crippen molar-refractivity contribution in [3.05, 3.63) is 41.2 Å². The van der Waals surface area contributed by atoms with Crippen LogP contribution in [0.3, 0.4) is 0 Å². The molecule has 0 atom stereocenters. The highest BCUT2D eigenvalue weighted by molar-refractivity contribution is 6.48. The van der Waals surface area contributed by atoms with Crippen LogP contribution in [0.25, 0.3) is 5.03 Å². The van der Waals surface area contributed by atoms with Crippen molar-refractivity contribution in [3.8, 4) is 0 Å². The Bertz CT molecular complexity index is 295. The Morgan fingerprint density at radius 2 is 1.92 bits per heavy atom. The van der Waals surface area contributed by atoms with E-state index in [0.717, 1.165) is 0 Å². The second-order valence-electron chi connectivity index (χ2n) is 2.03. The van der Waals surface area contributed by atoms with Gasteiger partial charge in [0.05, 0.1) is 5.02 Å². The van der Waals surface area contributed by atoms with E-state index in [4.69, 9.17) is 23.2 Å². The minimum atomic E-state index is -0.451. The van der Waals surface area contributed by atoms with Crippen molar-refractivity contribution in [1.82, 2.24) is 0 Å². The van der Waals surface area contributed by atoms with E-state index in [1.165, 1.54) is 18.2 Å². The lowest BCUT2D eigenvalue weighted by atomic mass is 10.2. The van der Waals surface area contributed by atoms with E-state index in [1.54, 1.807) is 0 Å². The van der Waals surface area contributed by atoms with Crippen LogP contribution >= 0.6 is 23.2 Å². The van der Waals surface area contributed by atoms with Crippen LogP contribution in [-0.4, -0.2) is 0 Å². The lowest BCUT2D eigenvalue weighted by Gasteiger charge is -1.98. The molecule has 1 aromatic carbocycles. The summed E-state index contributed by atoms with van der Waals surface area (Å²) in [6, 6.07) is 4.22. The molecule has 0 aliphatic rings. The molecule has 0 spiro atoms. The molecule has 3 heteroatoms. The molecule has 0 aliphatic carbocycles. The quantitative estimate of drug-likeness (QED) is 0.643. The van der Waals surface area contributed by atoms with Gasteiger partial charge in [-0.1, -0.05) is 49.7 Å². The summed E-state index contributed by atoms with van der Waals surface area (Å²) >= 11 is 11.0. The van der Waals surface area contributed by atoms with Crippen LogP contribution in [0.5, 0.6) is 0 Å². The van der Waals surface area contributed by atoms with Crippen LogP contribution in [0.1, 0.15) is 19.4 Å². The van der Waals surface area contributed by atoms with Crippen molar-refractivity contribution in [2.45, 2.75) is 13.8 Å². The van der Waals surface area contributed by atoms with E-state index >= 15 is 0 Å². The van der Waals surface area contributed by atoms with Crippen molar-refractivity contribution in [2.24, 2.45) is 0 Å².